The Morgan fingerprint density at radius 2 is 2.50 bits per heavy atom. The number of rotatable bonds is 3. The predicted molar refractivity (Wildman–Crippen MR) is 51.9 cm³/mol. The van der Waals surface area contributed by atoms with Crippen LogP contribution in [0.1, 0.15) is 12.1 Å². The molecule has 2 heterocycles. The zero-order valence-electron chi connectivity index (χ0n) is 7.98. The minimum Gasteiger partial charge on any atom is -0.380 e. The first-order valence-corrected chi connectivity index (χ1v) is 4.79. The molecule has 14 heavy (non-hydrogen) atoms. The molecule has 3 heteroatoms. The zero-order valence-corrected chi connectivity index (χ0v) is 7.98. The third-order valence-electron chi connectivity index (χ3n) is 2.64. The second-order valence-corrected chi connectivity index (χ2v) is 3.78. The van der Waals surface area contributed by atoms with E-state index >= 15 is 0 Å². The molecule has 0 aliphatic carbocycles. The molecule has 1 atom stereocenters. The number of aromatic nitrogens is 1. The van der Waals surface area contributed by atoms with E-state index in [-0.39, 0.29) is 5.41 Å². The van der Waals surface area contributed by atoms with Gasteiger partial charge in [0.15, 0.2) is 0 Å². The van der Waals surface area contributed by atoms with Crippen molar-refractivity contribution in [2.45, 2.75) is 12.8 Å². The fourth-order valence-electron chi connectivity index (χ4n) is 1.76. The van der Waals surface area contributed by atoms with Crippen molar-refractivity contribution >= 4 is 6.29 Å². The maximum absolute atomic E-state index is 11.0. The van der Waals surface area contributed by atoms with E-state index in [4.69, 9.17) is 4.74 Å². The summed E-state index contributed by atoms with van der Waals surface area (Å²) in [5, 5.41) is 0. The Bertz CT molecular complexity index is 304. The number of hydrogen-bond donors (Lipinski definition) is 0. The SMILES string of the molecule is O=CC1(Cc2ccccn2)CCOC1. The van der Waals surface area contributed by atoms with Gasteiger partial charge in [-0.1, -0.05) is 6.07 Å². The molecule has 1 saturated heterocycles. The van der Waals surface area contributed by atoms with Gasteiger partial charge in [0.25, 0.3) is 0 Å². The van der Waals surface area contributed by atoms with Crippen LogP contribution in [0.15, 0.2) is 24.4 Å². The fraction of sp³-hybridized carbons (Fsp3) is 0.455. The third kappa shape index (κ3) is 1.82. The van der Waals surface area contributed by atoms with Crippen molar-refractivity contribution in [3.63, 3.8) is 0 Å². The highest BCUT2D eigenvalue weighted by atomic mass is 16.5. The molecule has 0 saturated carbocycles. The molecule has 1 aromatic rings. The van der Waals surface area contributed by atoms with Crippen molar-refractivity contribution in [1.82, 2.24) is 4.98 Å². The van der Waals surface area contributed by atoms with E-state index in [1.165, 1.54) is 0 Å². The van der Waals surface area contributed by atoms with Crippen LogP contribution in [0.25, 0.3) is 0 Å². The summed E-state index contributed by atoms with van der Waals surface area (Å²) in [4.78, 5) is 15.2. The van der Waals surface area contributed by atoms with Gasteiger partial charge >= 0.3 is 0 Å². The van der Waals surface area contributed by atoms with Crippen LogP contribution in [0.2, 0.25) is 0 Å². The van der Waals surface area contributed by atoms with E-state index in [0.717, 1.165) is 18.4 Å². The molecular formula is C11H13NO2. The third-order valence-corrected chi connectivity index (χ3v) is 2.64. The highest BCUT2D eigenvalue weighted by molar-refractivity contribution is 5.60. The average molecular weight is 191 g/mol. The molecule has 0 spiro atoms. The normalized spacial score (nSPS) is 26.3. The van der Waals surface area contributed by atoms with E-state index in [0.29, 0.717) is 19.6 Å². The van der Waals surface area contributed by atoms with Crippen LogP contribution in [0.4, 0.5) is 0 Å². The lowest BCUT2D eigenvalue weighted by molar-refractivity contribution is -0.116. The van der Waals surface area contributed by atoms with Gasteiger partial charge in [0.1, 0.15) is 6.29 Å². The first kappa shape index (κ1) is 9.34. The minimum atomic E-state index is -0.325. The van der Waals surface area contributed by atoms with Gasteiger partial charge in [0.05, 0.1) is 12.0 Å². The highest BCUT2D eigenvalue weighted by Crippen LogP contribution is 2.29. The lowest BCUT2D eigenvalue weighted by Crippen LogP contribution is -2.26. The van der Waals surface area contributed by atoms with E-state index in [9.17, 15) is 4.79 Å². The summed E-state index contributed by atoms with van der Waals surface area (Å²) in [5.74, 6) is 0. The van der Waals surface area contributed by atoms with Crippen molar-refractivity contribution in [3.05, 3.63) is 30.1 Å². The molecule has 3 nitrogen and oxygen atoms in total. The van der Waals surface area contributed by atoms with Crippen molar-refractivity contribution in [2.24, 2.45) is 5.41 Å². The van der Waals surface area contributed by atoms with Crippen LogP contribution in [-0.4, -0.2) is 24.5 Å². The Balaban J connectivity index is 2.12. The number of hydrogen-bond acceptors (Lipinski definition) is 3. The van der Waals surface area contributed by atoms with Crippen molar-refractivity contribution < 1.29 is 9.53 Å². The van der Waals surface area contributed by atoms with Crippen LogP contribution < -0.4 is 0 Å². The number of carbonyl (C=O) groups excluding carboxylic acids is 1. The number of carbonyl (C=O) groups is 1. The topological polar surface area (TPSA) is 39.2 Å². The molecule has 0 aromatic carbocycles. The number of nitrogens with zero attached hydrogens (tertiary/aromatic N) is 1. The first-order valence-electron chi connectivity index (χ1n) is 4.79. The van der Waals surface area contributed by atoms with Crippen LogP contribution in [0.3, 0.4) is 0 Å². The Kier molecular flexibility index (Phi) is 2.59. The summed E-state index contributed by atoms with van der Waals surface area (Å²) in [6.07, 6.45) is 4.28. The molecular weight excluding hydrogens is 178 g/mol. The summed E-state index contributed by atoms with van der Waals surface area (Å²) in [6.45, 7) is 1.22. The lowest BCUT2D eigenvalue weighted by Gasteiger charge is -2.18. The minimum absolute atomic E-state index is 0.325. The van der Waals surface area contributed by atoms with Crippen LogP contribution in [-0.2, 0) is 16.0 Å². The maximum atomic E-state index is 11.0. The Hall–Kier alpha value is -1.22. The first-order chi connectivity index (χ1) is 6.85. The number of ether oxygens (including phenoxy) is 1. The lowest BCUT2D eigenvalue weighted by atomic mass is 9.84. The van der Waals surface area contributed by atoms with Crippen LogP contribution >= 0.6 is 0 Å². The Morgan fingerprint density at radius 1 is 1.57 bits per heavy atom. The Labute approximate surface area is 83.1 Å². The zero-order chi connectivity index (χ0) is 9.86. The largest absolute Gasteiger partial charge is 0.380 e. The van der Waals surface area contributed by atoms with Crippen molar-refractivity contribution in [1.29, 1.82) is 0 Å². The number of aldehydes is 1. The molecule has 0 amide bonds. The van der Waals surface area contributed by atoms with Crippen molar-refractivity contribution in [2.75, 3.05) is 13.2 Å². The summed E-state index contributed by atoms with van der Waals surface area (Å²) >= 11 is 0. The molecule has 2 rings (SSSR count). The van der Waals surface area contributed by atoms with E-state index in [2.05, 4.69) is 4.98 Å². The molecule has 1 fully saturated rings. The van der Waals surface area contributed by atoms with Gasteiger partial charge in [-0.2, -0.15) is 0 Å². The molecule has 1 unspecified atom stereocenters. The second-order valence-electron chi connectivity index (χ2n) is 3.78. The molecule has 1 aromatic heterocycles. The molecule has 1 aliphatic heterocycles. The fourth-order valence-corrected chi connectivity index (χ4v) is 1.76. The predicted octanol–water partition coefficient (Wildman–Crippen LogP) is 1.23. The van der Waals surface area contributed by atoms with Crippen molar-refractivity contribution in [3.8, 4) is 0 Å². The van der Waals surface area contributed by atoms with Gasteiger partial charge in [-0.05, 0) is 18.6 Å². The standard InChI is InChI=1S/C11H13NO2/c13-8-11(4-6-14-9-11)7-10-3-1-2-5-12-10/h1-3,5,8H,4,6-7,9H2. The van der Waals surface area contributed by atoms with Gasteiger partial charge < -0.3 is 9.53 Å². The highest BCUT2D eigenvalue weighted by Gasteiger charge is 2.35. The Morgan fingerprint density at radius 3 is 3.07 bits per heavy atom. The molecule has 0 bridgehead atoms. The average Bonchev–Trinajstić information content (AvgIpc) is 2.69. The second kappa shape index (κ2) is 3.88. The van der Waals surface area contributed by atoms with E-state index in [1.54, 1.807) is 6.20 Å². The van der Waals surface area contributed by atoms with Gasteiger partial charge in [-0.25, -0.2) is 0 Å². The molecule has 1 aliphatic rings. The van der Waals surface area contributed by atoms with E-state index < -0.39 is 0 Å². The van der Waals surface area contributed by atoms with Gasteiger partial charge in [0, 0.05) is 24.9 Å². The quantitative estimate of drug-likeness (QED) is 0.674. The monoisotopic (exact) mass is 191 g/mol. The smallest absolute Gasteiger partial charge is 0.128 e. The summed E-state index contributed by atoms with van der Waals surface area (Å²) in [5.41, 5.74) is 0.638. The number of pyridine rings is 1. The summed E-state index contributed by atoms with van der Waals surface area (Å²) in [6, 6.07) is 5.77. The van der Waals surface area contributed by atoms with Gasteiger partial charge in [-0.3, -0.25) is 4.98 Å². The molecule has 0 radical (unpaired) electrons. The summed E-state index contributed by atoms with van der Waals surface area (Å²) in [7, 11) is 0. The van der Waals surface area contributed by atoms with Crippen LogP contribution in [0, 0.1) is 5.41 Å². The van der Waals surface area contributed by atoms with E-state index in [1.807, 2.05) is 18.2 Å². The molecule has 0 N–H and O–H groups in total. The summed E-state index contributed by atoms with van der Waals surface area (Å²) < 4.78 is 5.26. The van der Waals surface area contributed by atoms with Gasteiger partial charge in [0.2, 0.25) is 0 Å². The molecule has 74 valence electrons. The van der Waals surface area contributed by atoms with Crippen LogP contribution in [0.5, 0.6) is 0 Å². The maximum Gasteiger partial charge on any atom is 0.128 e. The van der Waals surface area contributed by atoms with Gasteiger partial charge in [-0.15, -0.1) is 0 Å².